The molecule has 7 heteroatoms. The number of hydrogen-bond donors (Lipinski definition) is 0. The molecule has 2 heterocycles. The van der Waals surface area contributed by atoms with Crippen LogP contribution in [0.15, 0.2) is 91.0 Å². The van der Waals surface area contributed by atoms with Gasteiger partial charge in [-0.15, -0.1) is 0 Å². The second-order valence-electron chi connectivity index (χ2n) is 11.0. The molecule has 4 aromatic carbocycles. The molecule has 0 unspecified atom stereocenters. The van der Waals surface area contributed by atoms with Gasteiger partial charge in [0.15, 0.2) is 0 Å². The fraction of sp³-hybridized carbons (Fsp3) is 0.257. The maximum absolute atomic E-state index is 14.3. The van der Waals surface area contributed by atoms with Gasteiger partial charge < -0.3 is 9.80 Å². The van der Waals surface area contributed by atoms with E-state index in [1.165, 1.54) is 0 Å². The number of anilines is 2. The van der Waals surface area contributed by atoms with E-state index in [0.717, 1.165) is 34.4 Å². The molecule has 0 radical (unpaired) electrons. The van der Waals surface area contributed by atoms with E-state index in [1.54, 1.807) is 29.2 Å². The number of imide groups is 1. The Labute approximate surface area is 245 Å². The van der Waals surface area contributed by atoms with Crippen LogP contribution in [0.3, 0.4) is 0 Å². The summed E-state index contributed by atoms with van der Waals surface area (Å²) in [5.41, 5.74) is 3.16. The first-order valence-electron chi connectivity index (χ1n) is 14.6. The first-order chi connectivity index (χ1) is 20.4. The van der Waals surface area contributed by atoms with Gasteiger partial charge in [-0.3, -0.25) is 24.1 Å². The molecule has 0 bridgehead atoms. The summed E-state index contributed by atoms with van der Waals surface area (Å²) >= 11 is 0. The van der Waals surface area contributed by atoms with Crippen LogP contribution in [-0.4, -0.2) is 41.1 Å². The highest BCUT2D eigenvalue weighted by Gasteiger charge is 2.40. The minimum Gasteiger partial charge on any atom is -0.309 e. The predicted molar refractivity (Wildman–Crippen MR) is 164 cm³/mol. The van der Waals surface area contributed by atoms with Gasteiger partial charge in [0.05, 0.1) is 6.04 Å². The average Bonchev–Trinajstić information content (AvgIpc) is 3.01. The van der Waals surface area contributed by atoms with Gasteiger partial charge in [0.1, 0.15) is 6.54 Å². The SMILES string of the molecule is CCCCC(=O)N1c2ccccc2[C@H](N(C(=O)CN2C(=O)c3cccc4cccc(c34)C2=O)c2ccccc2)C[C@H]1C. The first kappa shape index (κ1) is 27.4. The lowest BCUT2D eigenvalue weighted by Crippen LogP contribution is -2.51. The van der Waals surface area contributed by atoms with Crippen LogP contribution in [0.4, 0.5) is 11.4 Å². The Morgan fingerprint density at radius 2 is 1.48 bits per heavy atom. The molecule has 0 aromatic heterocycles. The average molecular weight is 560 g/mol. The van der Waals surface area contributed by atoms with E-state index in [-0.39, 0.29) is 17.9 Å². The number of para-hydroxylation sites is 2. The zero-order valence-electron chi connectivity index (χ0n) is 23.8. The van der Waals surface area contributed by atoms with Crippen molar-refractivity contribution < 1.29 is 19.2 Å². The standard InChI is InChI=1S/C35H33N3O4/c1-3-4-20-31(39)37-23(2)21-30(26-16-8-9-19-29(26)37)38(25-14-6-5-7-15-25)32(40)22-36-34(41)27-17-10-12-24-13-11-18-28(33(24)27)35(36)42/h5-19,23,30H,3-4,20-22H2,1-2H3/t23-,30-/m1/s1. The summed E-state index contributed by atoms with van der Waals surface area (Å²) in [6, 6.07) is 27.2. The number of carbonyl (C=O) groups is 4. The Morgan fingerprint density at radius 3 is 2.14 bits per heavy atom. The quantitative estimate of drug-likeness (QED) is 0.241. The van der Waals surface area contributed by atoms with Crippen molar-refractivity contribution in [1.82, 2.24) is 4.90 Å². The summed E-state index contributed by atoms with van der Waals surface area (Å²) < 4.78 is 0. The zero-order valence-corrected chi connectivity index (χ0v) is 23.8. The fourth-order valence-corrected chi connectivity index (χ4v) is 6.38. The lowest BCUT2D eigenvalue weighted by molar-refractivity contribution is -0.119. The van der Waals surface area contributed by atoms with Gasteiger partial charge in [-0.25, -0.2) is 0 Å². The van der Waals surface area contributed by atoms with Gasteiger partial charge in [0.2, 0.25) is 11.8 Å². The number of hydrogen-bond acceptors (Lipinski definition) is 4. The van der Waals surface area contributed by atoms with Crippen molar-refractivity contribution in [3.63, 3.8) is 0 Å². The third-order valence-electron chi connectivity index (χ3n) is 8.34. The second-order valence-corrected chi connectivity index (χ2v) is 11.0. The number of rotatable bonds is 7. The Kier molecular flexibility index (Phi) is 7.33. The number of carbonyl (C=O) groups excluding carboxylic acids is 4. The molecule has 0 saturated carbocycles. The van der Waals surface area contributed by atoms with Crippen molar-refractivity contribution >= 4 is 45.8 Å². The predicted octanol–water partition coefficient (Wildman–Crippen LogP) is 6.53. The summed E-state index contributed by atoms with van der Waals surface area (Å²) in [6.07, 6.45) is 2.73. The van der Waals surface area contributed by atoms with Gasteiger partial charge in [-0.1, -0.05) is 74.0 Å². The number of benzene rings is 4. The summed E-state index contributed by atoms with van der Waals surface area (Å²) in [7, 11) is 0. The van der Waals surface area contributed by atoms with Crippen LogP contribution in [0.1, 0.15) is 71.9 Å². The molecular weight excluding hydrogens is 526 g/mol. The van der Waals surface area contributed by atoms with Crippen molar-refractivity contribution in [3.8, 4) is 0 Å². The van der Waals surface area contributed by atoms with Gasteiger partial charge in [-0.05, 0) is 61.0 Å². The summed E-state index contributed by atoms with van der Waals surface area (Å²) in [6.45, 7) is 3.68. The van der Waals surface area contributed by atoms with Crippen LogP contribution in [0.25, 0.3) is 10.8 Å². The third kappa shape index (κ3) is 4.65. The molecule has 6 rings (SSSR count). The maximum Gasteiger partial charge on any atom is 0.261 e. The highest BCUT2D eigenvalue weighted by Crippen LogP contribution is 2.43. The molecule has 7 nitrogen and oxygen atoms in total. The Morgan fingerprint density at radius 1 is 0.833 bits per heavy atom. The molecule has 4 aromatic rings. The molecule has 0 saturated heterocycles. The molecule has 212 valence electrons. The minimum absolute atomic E-state index is 0.0742. The van der Waals surface area contributed by atoms with Crippen LogP contribution in [0.5, 0.6) is 0 Å². The second kappa shape index (κ2) is 11.2. The lowest BCUT2D eigenvalue weighted by atomic mass is 9.89. The van der Waals surface area contributed by atoms with Crippen LogP contribution in [0.2, 0.25) is 0 Å². The van der Waals surface area contributed by atoms with Crippen LogP contribution in [-0.2, 0) is 9.59 Å². The van der Waals surface area contributed by atoms with E-state index in [2.05, 4.69) is 6.92 Å². The summed E-state index contributed by atoms with van der Waals surface area (Å²) in [5.74, 6) is -1.25. The highest BCUT2D eigenvalue weighted by atomic mass is 16.2. The number of fused-ring (bicyclic) bond motifs is 1. The Hall–Kier alpha value is -4.78. The van der Waals surface area contributed by atoms with Gasteiger partial charge in [-0.2, -0.15) is 0 Å². The largest absolute Gasteiger partial charge is 0.309 e. The van der Waals surface area contributed by atoms with Crippen molar-refractivity contribution in [1.29, 1.82) is 0 Å². The van der Waals surface area contributed by atoms with E-state index >= 15 is 0 Å². The normalized spacial score (nSPS) is 17.8. The van der Waals surface area contributed by atoms with E-state index in [4.69, 9.17) is 0 Å². The van der Waals surface area contributed by atoms with Gasteiger partial charge in [0, 0.05) is 40.4 Å². The van der Waals surface area contributed by atoms with Crippen LogP contribution in [0, 0.1) is 0 Å². The molecule has 4 amide bonds. The van der Waals surface area contributed by atoms with Crippen LogP contribution >= 0.6 is 0 Å². The van der Waals surface area contributed by atoms with Crippen LogP contribution < -0.4 is 9.80 Å². The third-order valence-corrected chi connectivity index (χ3v) is 8.34. The van der Waals surface area contributed by atoms with Gasteiger partial charge in [0.25, 0.3) is 11.8 Å². The van der Waals surface area contributed by atoms with Crippen molar-refractivity contribution in [2.45, 2.75) is 51.6 Å². The molecular formula is C35H33N3O4. The molecule has 0 fully saturated rings. The smallest absolute Gasteiger partial charge is 0.261 e. The number of unbranched alkanes of at least 4 members (excludes halogenated alkanes) is 1. The van der Waals surface area contributed by atoms with E-state index < -0.39 is 24.4 Å². The maximum atomic E-state index is 14.3. The monoisotopic (exact) mass is 559 g/mol. The molecule has 2 atom stereocenters. The lowest BCUT2D eigenvalue weighted by Gasteiger charge is -2.44. The first-order valence-corrected chi connectivity index (χ1v) is 14.6. The highest BCUT2D eigenvalue weighted by molar-refractivity contribution is 6.26. The molecule has 2 aliphatic heterocycles. The van der Waals surface area contributed by atoms with Crippen molar-refractivity contribution in [2.24, 2.45) is 0 Å². The minimum atomic E-state index is -0.476. The molecule has 0 N–H and O–H groups in total. The Bertz CT molecular complexity index is 1650. The van der Waals surface area contributed by atoms with Crippen molar-refractivity contribution in [3.05, 3.63) is 108 Å². The zero-order chi connectivity index (χ0) is 29.4. The summed E-state index contributed by atoms with van der Waals surface area (Å²) in [5, 5.41) is 1.44. The Balaban J connectivity index is 1.38. The van der Waals surface area contributed by atoms with E-state index in [9.17, 15) is 19.2 Å². The fourth-order valence-electron chi connectivity index (χ4n) is 6.38. The van der Waals surface area contributed by atoms with Gasteiger partial charge >= 0.3 is 0 Å². The molecule has 0 spiro atoms. The topological polar surface area (TPSA) is 78.0 Å². The molecule has 2 aliphatic rings. The molecule has 0 aliphatic carbocycles. The number of nitrogens with zero attached hydrogens (tertiary/aromatic N) is 3. The van der Waals surface area contributed by atoms with E-state index in [1.807, 2.05) is 78.6 Å². The van der Waals surface area contributed by atoms with E-state index in [0.29, 0.717) is 35.0 Å². The number of amides is 4. The summed E-state index contributed by atoms with van der Waals surface area (Å²) in [4.78, 5) is 59.5. The van der Waals surface area contributed by atoms with Crippen molar-refractivity contribution in [2.75, 3.05) is 16.3 Å². The molecule has 42 heavy (non-hydrogen) atoms.